The van der Waals surface area contributed by atoms with Gasteiger partial charge in [0.25, 0.3) is 0 Å². The van der Waals surface area contributed by atoms with Gasteiger partial charge < -0.3 is 10.5 Å². The van der Waals surface area contributed by atoms with Crippen molar-refractivity contribution in [1.29, 1.82) is 0 Å². The predicted octanol–water partition coefficient (Wildman–Crippen LogP) is 2.30. The van der Waals surface area contributed by atoms with Crippen LogP contribution in [-0.2, 0) is 17.7 Å². The highest BCUT2D eigenvalue weighted by molar-refractivity contribution is 6.31. The quantitative estimate of drug-likeness (QED) is 0.922. The number of hydrogen-bond donors (Lipinski definition) is 1. The van der Waals surface area contributed by atoms with Crippen LogP contribution in [0.1, 0.15) is 37.6 Å². The van der Waals surface area contributed by atoms with Crippen molar-refractivity contribution in [2.24, 2.45) is 11.1 Å². The Kier molecular flexibility index (Phi) is 3.36. The van der Waals surface area contributed by atoms with Gasteiger partial charge in [0.15, 0.2) is 0 Å². The third kappa shape index (κ3) is 2.01. The van der Waals surface area contributed by atoms with Crippen LogP contribution in [0.15, 0.2) is 0 Å². The molecule has 2 N–H and O–H groups in total. The number of halogens is 1. The topological polar surface area (TPSA) is 53.1 Å². The molecule has 3 unspecified atom stereocenters. The summed E-state index contributed by atoms with van der Waals surface area (Å²) in [4.78, 5) is 0. The fraction of sp³-hybridized carbons (Fsp3) is 0.786. The molecule has 0 aromatic carbocycles. The van der Waals surface area contributed by atoms with Gasteiger partial charge in [-0.2, -0.15) is 5.10 Å². The molecule has 0 amide bonds. The number of fused-ring (bicyclic) bond motifs is 2. The van der Waals surface area contributed by atoms with Crippen LogP contribution in [0, 0.1) is 12.3 Å². The van der Waals surface area contributed by atoms with E-state index in [0.717, 1.165) is 42.2 Å². The summed E-state index contributed by atoms with van der Waals surface area (Å²) in [5, 5.41) is 5.30. The Bertz CT molecular complexity index is 487. The zero-order chi connectivity index (χ0) is 13.6. The average molecular weight is 284 g/mol. The molecule has 2 fully saturated rings. The Hall–Kier alpha value is -0.580. The summed E-state index contributed by atoms with van der Waals surface area (Å²) in [5.41, 5.74) is 8.20. The number of ether oxygens (including phenoxy) is 1. The van der Waals surface area contributed by atoms with Crippen LogP contribution < -0.4 is 5.73 Å². The molecule has 0 spiro atoms. The van der Waals surface area contributed by atoms with E-state index in [0.29, 0.717) is 18.8 Å². The fourth-order valence-corrected chi connectivity index (χ4v) is 3.94. The molecule has 3 atom stereocenters. The average Bonchev–Trinajstić information content (AvgIpc) is 3.08. The van der Waals surface area contributed by atoms with Crippen molar-refractivity contribution in [1.82, 2.24) is 9.78 Å². The summed E-state index contributed by atoms with van der Waals surface area (Å²) in [7, 11) is 0. The zero-order valence-corrected chi connectivity index (χ0v) is 12.4. The highest BCUT2D eigenvalue weighted by atomic mass is 35.5. The summed E-state index contributed by atoms with van der Waals surface area (Å²) in [6, 6.07) is 0. The lowest BCUT2D eigenvalue weighted by molar-refractivity contribution is 0.0628. The second-order valence-corrected chi connectivity index (χ2v) is 6.31. The monoisotopic (exact) mass is 283 g/mol. The molecule has 2 aliphatic rings. The number of aryl methyl sites for hydroxylation is 2. The fourth-order valence-electron chi connectivity index (χ4n) is 3.74. The SMILES string of the molecule is CCn1nc(C)c(Cl)c1CC1(CN)CC2CCC1O2. The lowest BCUT2D eigenvalue weighted by Crippen LogP contribution is -2.42. The largest absolute Gasteiger partial charge is 0.374 e. The van der Waals surface area contributed by atoms with Crippen LogP contribution in [0.25, 0.3) is 0 Å². The molecule has 3 heterocycles. The predicted molar refractivity (Wildman–Crippen MR) is 75.4 cm³/mol. The number of rotatable bonds is 4. The van der Waals surface area contributed by atoms with Crippen molar-refractivity contribution in [2.75, 3.05) is 6.54 Å². The van der Waals surface area contributed by atoms with E-state index in [1.54, 1.807) is 0 Å². The molecule has 2 bridgehead atoms. The van der Waals surface area contributed by atoms with Crippen LogP contribution in [0.3, 0.4) is 0 Å². The summed E-state index contributed by atoms with van der Waals surface area (Å²) in [6.45, 7) is 5.57. The van der Waals surface area contributed by atoms with E-state index >= 15 is 0 Å². The maximum absolute atomic E-state index is 6.43. The minimum atomic E-state index is 0.0615. The minimum absolute atomic E-state index is 0.0615. The first-order valence-electron chi connectivity index (χ1n) is 7.17. The number of hydrogen-bond acceptors (Lipinski definition) is 3. The molecule has 5 heteroatoms. The Balaban J connectivity index is 1.92. The van der Waals surface area contributed by atoms with Crippen molar-refractivity contribution in [3.8, 4) is 0 Å². The molecule has 0 radical (unpaired) electrons. The zero-order valence-electron chi connectivity index (χ0n) is 11.7. The van der Waals surface area contributed by atoms with E-state index in [1.165, 1.54) is 6.42 Å². The lowest BCUT2D eigenvalue weighted by Gasteiger charge is -2.34. The third-order valence-electron chi connectivity index (χ3n) is 4.80. The molecule has 0 aliphatic carbocycles. The second-order valence-electron chi connectivity index (χ2n) is 5.93. The molecule has 1 aromatic heterocycles. The standard InChI is InChI=1S/C14H22ClN3O/c1-3-18-11(13(15)9(2)17-18)7-14(8-16)6-10-4-5-12(14)19-10/h10,12H,3-8,16H2,1-2H3. The Labute approximate surface area is 119 Å². The van der Waals surface area contributed by atoms with E-state index in [1.807, 2.05) is 11.6 Å². The summed E-state index contributed by atoms with van der Waals surface area (Å²) in [5.74, 6) is 0. The summed E-state index contributed by atoms with van der Waals surface area (Å²) in [6.07, 6.45) is 4.99. The van der Waals surface area contributed by atoms with Crippen molar-refractivity contribution < 1.29 is 4.74 Å². The maximum Gasteiger partial charge on any atom is 0.0847 e. The van der Waals surface area contributed by atoms with E-state index in [2.05, 4.69) is 12.0 Å². The lowest BCUT2D eigenvalue weighted by atomic mass is 9.71. The van der Waals surface area contributed by atoms with Crippen LogP contribution in [0.2, 0.25) is 5.02 Å². The third-order valence-corrected chi connectivity index (χ3v) is 5.30. The molecular formula is C14H22ClN3O. The van der Waals surface area contributed by atoms with E-state index in [-0.39, 0.29) is 5.41 Å². The Morgan fingerprint density at radius 3 is 2.84 bits per heavy atom. The van der Waals surface area contributed by atoms with Gasteiger partial charge in [0, 0.05) is 24.9 Å². The van der Waals surface area contributed by atoms with Gasteiger partial charge in [-0.15, -0.1) is 0 Å². The van der Waals surface area contributed by atoms with Crippen molar-refractivity contribution in [2.45, 2.75) is 58.3 Å². The summed E-state index contributed by atoms with van der Waals surface area (Å²) >= 11 is 6.43. The first kappa shape index (κ1) is 13.4. The van der Waals surface area contributed by atoms with Crippen LogP contribution in [-0.4, -0.2) is 28.5 Å². The molecule has 2 aliphatic heterocycles. The van der Waals surface area contributed by atoms with Crippen molar-refractivity contribution >= 4 is 11.6 Å². The first-order chi connectivity index (χ1) is 9.09. The van der Waals surface area contributed by atoms with Crippen LogP contribution >= 0.6 is 11.6 Å². The van der Waals surface area contributed by atoms with Crippen molar-refractivity contribution in [3.63, 3.8) is 0 Å². The molecule has 1 aromatic rings. The van der Waals surface area contributed by atoms with Gasteiger partial charge in [0.05, 0.1) is 28.6 Å². The molecule has 106 valence electrons. The smallest absolute Gasteiger partial charge is 0.0847 e. The molecule has 4 nitrogen and oxygen atoms in total. The normalized spacial score (nSPS) is 33.3. The van der Waals surface area contributed by atoms with Gasteiger partial charge in [0.2, 0.25) is 0 Å². The van der Waals surface area contributed by atoms with Gasteiger partial charge in [-0.3, -0.25) is 4.68 Å². The Morgan fingerprint density at radius 2 is 2.32 bits per heavy atom. The van der Waals surface area contributed by atoms with Crippen molar-refractivity contribution in [3.05, 3.63) is 16.4 Å². The highest BCUT2D eigenvalue weighted by Gasteiger charge is 2.52. The van der Waals surface area contributed by atoms with Crippen LogP contribution in [0.5, 0.6) is 0 Å². The molecular weight excluding hydrogens is 262 g/mol. The Morgan fingerprint density at radius 1 is 1.53 bits per heavy atom. The van der Waals surface area contributed by atoms with E-state index < -0.39 is 0 Å². The maximum atomic E-state index is 6.43. The summed E-state index contributed by atoms with van der Waals surface area (Å²) < 4.78 is 8.03. The minimum Gasteiger partial charge on any atom is -0.374 e. The van der Waals surface area contributed by atoms with Gasteiger partial charge in [-0.25, -0.2) is 0 Å². The first-order valence-corrected chi connectivity index (χ1v) is 7.54. The highest BCUT2D eigenvalue weighted by Crippen LogP contribution is 2.49. The van der Waals surface area contributed by atoms with Crippen LogP contribution in [0.4, 0.5) is 0 Å². The van der Waals surface area contributed by atoms with Gasteiger partial charge in [-0.05, 0) is 33.1 Å². The van der Waals surface area contributed by atoms with E-state index in [4.69, 9.17) is 22.1 Å². The number of aromatic nitrogens is 2. The molecule has 0 saturated carbocycles. The van der Waals surface area contributed by atoms with Gasteiger partial charge in [0.1, 0.15) is 0 Å². The molecule has 2 saturated heterocycles. The molecule has 19 heavy (non-hydrogen) atoms. The number of nitrogens with two attached hydrogens (primary N) is 1. The van der Waals surface area contributed by atoms with E-state index in [9.17, 15) is 0 Å². The van der Waals surface area contributed by atoms with Gasteiger partial charge >= 0.3 is 0 Å². The second kappa shape index (κ2) is 4.76. The van der Waals surface area contributed by atoms with Gasteiger partial charge in [-0.1, -0.05) is 11.6 Å². The molecule has 3 rings (SSSR count). The number of nitrogens with zero attached hydrogens (tertiary/aromatic N) is 2.